The fourth-order valence-corrected chi connectivity index (χ4v) is 2.59. The summed E-state index contributed by atoms with van der Waals surface area (Å²) < 4.78 is 13.1. The molecule has 25 heavy (non-hydrogen) atoms. The Balaban J connectivity index is 2.38. The van der Waals surface area contributed by atoms with Crippen LogP contribution >= 0.6 is 0 Å². The predicted molar refractivity (Wildman–Crippen MR) is 94.1 cm³/mol. The second-order valence-electron chi connectivity index (χ2n) is 6.51. The fourth-order valence-electron chi connectivity index (χ4n) is 2.59. The summed E-state index contributed by atoms with van der Waals surface area (Å²) in [6, 6.07) is 11.8. The molecule has 0 aliphatic carbocycles. The van der Waals surface area contributed by atoms with Gasteiger partial charge in [-0.1, -0.05) is 18.2 Å². The van der Waals surface area contributed by atoms with Crippen molar-refractivity contribution in [2.45, 2.75) is 26.4 Å². The molecular weight excluding hydrogens is 321 g/mol. The van der Waals surface area contributed by atoms with Crippen LogP contribution in [0.5, 0.6) is 0 Å². The van der Waals surface area contributed by atoms with Crippen LogP contribution in [-0.2, 0) is 0 Å². The third-order valence-corrected chi connectivity index (χ3v) is 3.76. The van der Waals surface area contributed by atoms with E-state index in [1.54, 1.807) is 38.1 Å². The molecule has 0 heterocycles. The quantitative estimate of drug-likeness (QED) is 0.819. The summed E-state index contributed by atoms with van der Waals surface area (Å²) in [4.78, 5) is 27.1. The van der Waals surface area contributed by atoms with Crippen LogP contribution in [0.15, 0.2) is 48.5 Å². The zero-order valence-electron chi connectivity index (χ0n) is 14.6. The first-order chi connectivity index (χ1) is 11.7. The summed E-state index contributed by atoms with van der Waals surface area (Å²) in [5.74, 6) is -1.10. The van der Waals surface area contributed by atoms with Crippen molar-refractivity contribution >= 4 is 11.7 Å². The predicted octanol–water partition coefficient (Wildman–Crippen LogP) is 3.29. The number of amides is 1. The summed E-state index contributed by atoms with van der Waals surface area (Å²) in [5.41, 5.74) is -0.204. The summed E-state index contributed by atoms with van der Waals surface area (Å²) in [7, 11) is 0. The fraction of sp³-hybridized carbons (Fsp3) is 0.300. The molecule has 0 bridgehead atoms. The Kier molecular flexibility index (Phi) is 5.69. The van der Waals surface area contributed by atoms with Gasteiger partial charge in [-0.05, 0) is 51.1 Å². The van der Waals surface area contributed by atoms with Crippen molar-refractivity contribution < 1.29 is 19.1 Å². The average Bonchev–Trinajstić information content (AvgIpc) is 2.58. The van der Waals surface area contributed by atoms with Gasteiger partial charge in [-0.2, -0.15) is 0 Å². The molecule has 0 radical (unpaired) electrons. The highest BCUT2D eigenvalue weighted by molar-refractivity contribution is 6.15. The molecule has 1 N–H and O–H groups in total. The van der Waals surface area contributed by atoms with Gasteiger partial charge in [0.25, 0.3) is 5.91 Å². The molecule has 5 heteroatoms. The molecular formula is C20H22FNO3. The van der Waals surface area contributed by atoms with Crippen molar-refractivity contribution in [2.75, 3.05) is 13.1 Å². The number of hydrogen-bond donors (Lipinski definition) is 1. The van der Waals surface area contributed by atoms with Gasteiger partial charge in [0, 0.05) is 24.2 Å². The van der Waals surface area contributed by atoms with E-state index >= 15 is 0 Å². The number of benzene rings is 2. The van der Waals surface area contributed by atoms with Gasteiger partial charge < -0.3 is 10.0 Å². The lowest BCUT2D eigenvalue weighted by Crippen LogP contribution is -2.42. The lowest BCUT2D eigenvalue weighted by atomic mass is 9.97. The molecule has 2 aromatic carbocycles. The lowest BCUT2D eigenvalue weighted by molar-refractivity contribution is 0.0314. The van der Waals surface area contributed by atoms with Crippen molar-refractivity contribution in [3.8, 4) is 0 Å². The first kappa shape index (κ1) is 18.8. The zero-order chi connectivity index (χ0) is 18.6. The highest BCUT2D eigenvalue weighted by Gasteiger charge is 2.25. The number of carbonyl (C=O) groups is 2. The molecule has 132 valence electrons. The first-order valence-electron chi connectivity index (χ1n) is 8.14. The van der Waals surface area contributed by atoms with Gasteiger partial charge in [0.1, 0.15) is 5.82 Å². The Morgan fingerprint density at radius 1 is 1.04 bits per heavy atom. The number of halogens is 1. The summed E-state index contributed by atoms with van der Waals surface area (Å²) in [5, 5.41) is 10.0. The van der Waals surface area contributed by atoms with E-state index in [1.165, 1.54) is 29.2 Å². The monoisotopic (exact) mass is 343 g/mol. The van der Waals surface area contributed by atoms with E-state index in [2.05, 4.69) is 0 Å². The number of nitrogens with zero attached hydrogens (tertiary/aromatic N) is 1. The highest BCUT2D eigenvalue weighted by Crippen LogP contribution is 2.18. The Labute approximate surface area is 146 Å². The van der Waals surface area contributed by atoms with Crippen molar-refractivity contribution in [3.05, 3.63) is 71.0 Å². The van der Waals surface area contributed by atoms with Crippen LogP contribution in [0, 0.1) is 5.82 Å². The average molecular weight is 343 g/mol. The third-order valence-electron chi connectivity index (χ3n) is 3.76. The van der Waals surface area contributed by atoms with Gasteiger partial charge in [0.2, 0.25) is 0 Å². The van der Waals surface area contributed by atoms with Gasteiger partial charge in [0.05, 0.1) is 11.2 Å². The summed E-state index contributed by atoms with van der Waals surface area (Å²) in [6.45, 7) is 5.62. The molecule has 0 spiro atoms. The van der Waals surface area contributed by atoms with Gasteiger partial charge in [-0.25, -0.2) is 4.39 Å². The number of likely N-dealkylation sites (N-methyl/N-ethyl adjacent to an activating group) is 1. The molecule has 2 aromatic rings. The number of carbonyl (C=O) groups excluding carboxylic acids is 2. The van der Waals surface area contributed by atoms with Gasteiger partial charge in [0.15, 0.2) is 5.78 Å². The lowest BCUT2D eigenvalue weighted by Gasteiger charge is -2.28. The van der Waals surface area contributed by atoms with Crippen LogP contribution in [-0.4, -0.2) is 40.4 Å². The second-order valence-corrected chi connectivity index (χ2v) is 6.51. The number of aliphatic hydroxyl groups is 1. The van der Waals surface area contributed by atoms with Crippen LogP contribution in [0.1, 0.15) is 47.1 Å². The minimum absolute atomic E-state index is 0.154. The maximum atomic E-state index is 13.1. The molecule has 0 saturated carbocycles. The summed E-state index contributed by atoms with van der Waals surface area (Å²) in [6.07, 6.45) is 0. The molecule has 0 unspecified atom stereocenters. The van der Waals surface area contributed by atoms with E-state index in [-0.39, 0.29) is 29.4 Å². The third kappa shape index (κ3) is 4.73. The van der Waals surface area contributed by atoms with Gasteiger partial charge >= 0.3 is 0 Å². The second kappa shape index (κ2) is 7.57. The van der Waals surface area contributed by atoms with E-state index < -0.39 is 11.4 Å². The van der Waals surface area contributed by atoms with E-state index in [0.717, 1.165) is 0 Å². The maximum Gasteiger partial charge on any atom is 0.254 e. The maximum absolute atomic E-state index is 13.1. The number of rotatable bonds is 6. The van der Waals surface area contributed by atoms with Crippen LogP contribution < -0.4 is 0 Å². The minimum Gasteiger partial charge on any atom is -0.389 e. The van der Waals surface area contributed by atoms with Crippen LogP contribution in [0.25, 0.3) is 0 Å². The Morgan fingerprint density at radius 2 is 1.60 bits per heavy atom. The molecule has 0 aromatic heterocycles. The van der Waals surface area contributed by atoms with E-state index in [0.29, 0.717) is 12.1 Å². The molecule has 0 atom stereocenters. The van der Waals surface area contributed by atoms with Crippen molar-refractivity contribution in [1.29, 1.82) is 0 Å². The summed E-state index contributed by atoms with van der Waals surface area (Å²) >= 11 is 0. The van der Waals surface area contributed by atoms with E-state index in [4.69, 9.17) is 0 Å². The van der Waals surface area contributed by atoms with Gasteiger partial charge in [-0.3, -0.25) is 9.59 Å². The Bertz CT molecular complexity index is 763. The normalized spacial score (nSPS) is 11.2. The minimum atomic E-state index is -1.04. The molecule has 4 nitrogen and oxygen atoms in total. The molecule has 0 aliphatic heterocycles. The van der Waals surface area contributed by atoms with Crippen molar-refractivity contribution in [3.63, 3.8) is 0 Å². The molecule has 0 saturated heterocycles. The van der Waals surface area contributed by atoms with E-state index in [1.807, 2.05) is 6.92 Å². The van der Waals surface area contributed by atoms with Gasteiger partial charge in [-0.15, -0.1) is 0 Å². The van der Waals surface area contributed by atoms with Crippen molar-refractivity contribution in [2.24, 2.45) is 0 Å². The Hall–Kier alpha value is -2.53. The molecule has 2 rings (SSSR count). The molecule has 0 aliphatic rings. The topological polar surface area (TPSA) is 57.6 Å². The van der Waals surface area contributed by atoms with Crippen LogP contribution in [0.2, 0.25) is 0 Å². The van der Waals surface area contributed by atoms with E-state index in [9.17, 15) is 19.1 Å². The van der Waals surface area contributed by atoms with Crippen molar-refractivity contribution in [1.82, 2.24) is 4.90 Å². The molecule has 0 fully saturated rings. The van der Waals surface area contributed by atoms with Crippen LogP contribution in [0.4, 0.5) is 4.39 Å². The largest absolute Gasteiger partial charge is 0.389 e. The first-order valence-corrected chi connectivity index (χ1v) is 8.14. The highest BCUT2D eigenvalue weighted by atomic mass is 19.1. The van der Waals surface area contributed by atoms with Crippen LogP contribution in [0.3, 0.4) is 0 Å². The number of ketones is 1. The SMILES string of the molecule is CCN(CC(C)(C)O)C(=O)c1ccccc1C(=O)c1ccc(F)cc1. The Morgan fingerprint density at radius 3 is 2.12 bits per heavy atom. The smallest absolute Gasteiger partial charge is 0.254 e. The molecule has 1 amide bonds. The standard InChI is InChI=1S/C20H22FNO3/c1-4-22(13-20(2,3)25)19(24)17-8-6-5-7-16(17)18(23)14-9-11-15(21)12-10-14/h5-12,25H,4,13H2,1-3H3. The zero-order valence-corrected chi connectivity index (χ0v) is 14.6. The number of hydrogen-bond acceptors (Lipinski definition) is 3.